The number of aromatic nitrogens is 3. The zero-order chi connectivity index (χ0) is 16.1. The molecule has 0 saturated heterocycles. The fourth-order valence-electron chi connectivity index (χ4n) is 1.94. The summed E-state index contributed by atoms with van der Waals surface area (Å²) in [5.74, 6) is 1.23. The van der Waals surface area contributed by atoms with Crippen molar-refractivity contribution in [2.75, 3.05) is 5.32 Å². The molecule has 6 heteroatoms. The second-order valence-electron chi connectivity index (χ2n) is 4.79. The Morgan fingerprint density at radius 2 is 2.00 bits per heavy atom. The molecule has 1 amide bonds. The number of amides is 1. The summed E-state index contributed by atoms with van der Waals surface area (Å²) in [5, 5.41) is 2.71. The van der Waals surface area contributed by atoms with Crippen LogP contribution in [0.2, 0.25) is 0 Å². The Morgan fingerprint density at radius 3 is 2.78 bits per heavy atom. The first-order chi connectivity index (χ1) is 11.2. The van der Waals surface area contributed by atoms with Crippen molar-refractivity contribution >= 4 is 11.7 Å². The monoisotopic (exact) mass is 306 g/mol. The first-order valence-corrected chi connectivity index (χ1v) is 7.00. The summed E-state index contributed by atoms with van der Waals surface area (Å²) in [6, 6.07) is 12.2. The van der Waals surface area contributed by atoms with Gasteiger partial charge >= 0.3 is 0 Å². The van der Waals surface area contributed by atoms with E-state index in [9.17, 15) is 4.79 Å². The molecule has 1 N–H and O–H groups in total. The Morgan fingerprint density at radius 1 is 1.09 bits per heavy atom. The lowest BCUT2D eigenvalue weighted by Gasteiger charge is -2.07. The van der Waals surface area contributed by atoms with Crippen molar-refractivity contribution in [3.8, 4) is 11.5 Å². The molecule has 23 heavy (non-hydrogen) atoms. The molecule has 0 radical (unpaired) electrons. The third-order valence-corrected chi connectivity index (χ3v) is 2.96. The van der Waals surface area contributed by atoms with Crippen LogP contribution >= 0.6 is 0 Å². The number of carbonyl (C=O) groups is 1. The summed E-state index contributed by atoms with van der Waals surface area (Å²) in [4.78, 5) is 24.5. The van der Waals surface area contributed by atoms with Crippen molar-refractivity contribution in [2.24, 2.45) is 0 Å². The van der Waals surface area contributed by atoms with Crippen molar-refractivity contribution < 1.29 is 9.53 Å². The minimum Gasteiger partial charge on any atom is -0.456 e. The molecule has 3 heterocycles. The van der Waals surface area contributed by atoms with E-state index in [4.69, 9.17) is 4.74 Å². The maximum Gasteiger partial charge on any atom is 0.275 e. The van der Waals surface area contributed by atoms with Crippen LogP contribution in [0.1, 0.15) is 16.2 Å². The maximum absolute atomic E-state index is 12.2. The van der Waals surface area contributed by atoms with E-state index >= 15 is 0 Å². The van der Waals surface area contributed by atoms with Crippen LogP contribution in [0.5, 0.6) is 11.5 Å². The molecule has 0 fully saturated rings. The van der Waals surface area contributed by atoms with E-state index in [0.717, 1.165) is 5.69 Å². The molecule has 0 unspecified atom stereocenters. The number of carbonyl (C=O) groups excluding carboxylic acids is 1. The SMILES string of the molecule is Cc1cccc(NC(=O)c2cc(Oc3cccnc3)ccn2)n1. The second-order valence-corrected chi connectivity index (χ2v) is 4.79. The lowest BCUT2D eigenvalue weighted by Crippen LogP contribution is -2.14. The molecule has 0 bridgehead atoms. The molecule has 114 valence electrons. The minimum atomic E-state index is -0.347. The summed E-state index contributed by atoms with van der Waals surface area (Å²) in [7, 11) is 0. The number of pyridine rings is 3. The second kappa shape index (κ2) is 6.65. The largest absolute Gasteiger partial charge is 0.456 e. The summed E-state index contributed by atoms with van der Waals surface area (Å²) in [6.07, 6.45) is 4.77. The molecular formula is C17H14N4O2. The van der Waals surface area contributed by atoms with Gasteiger partial charge in [0, 0.05) is 24.2 Å². The van der Waals surface area contributed by atoms with Crippen molar-refractivity contribution in [3.63, 3.8) is 0 Å². The molecule has 0 aliphatic carbocycles. The number of anilines is 1. The Balaban J connectivity index is 1.75. The van der Waals surface area contributed by atoms with Gasteiger partial charge in [-0.15, -0.1) is 0 Å². The van der Waals surface area contributed by atoms with Crippen LogP contribution in [0.3, 0.4) is 0 Å². The van der Waals surface area contributed by atoms with Gasteiger partial charge in [0.15, 0.2) is 0 Å². The highest BCUT2D eigenvalue weighted by Crippen LogP contribution is 2.20. The van der Waals surface area contributed by atoms with E-state index in [1.807, 2.05) is 19.1 Å². The average molecular weight is 306 g/mol. The van der Waals surface area contributed by atoms with Crippen LogP contribution in [0, 0.1) is 6.92 Å². The van der Waals surface area contributed by atoms with Gasteiger partial charge in [-0.2, -0.15) is 0 Å². The van der Waals surface area contributed by atoms with E-state index in [2.05, 4.69) is 20.3 Å². The minimum absolute atomic E-state index is 0.245. The zero-order valence-corrected chi connectivity index (χ0v) is 12.4. The normalized spacial score (nSPS) is 10.1. The standard InChI is InChI=1S/C17H14N4O2/c1-12-4-2-6-16(20-12)21-17(22)15-10-13(7-9-19-15)23-14-5-3-8-18-11-14/h2-11H,1H3,(H,20,21,22). The van der Waals surface area contributed by atoms with Gasteiger partial charge in [0.25, 0.3) is 5.91 Å². The highest BCUT2D eigenvalue weighted by Gasteiger charge is 2.10. The number of hydrogen-bond donors (Lipinski definition) is 1. The van der Waals surface area contributed by atoms with Crippen LogP contribution in [-0.2, 0) is 0 Å². The van der Waals surface area contributed by atoms with Gasteiger partial charge in [-0.3, -0.25) is 14.8 Å². The molecule has 0 aromatic carbocycles. The number of nitrogens with zero attached hydrogens (tertiary/aromatic N) is 3. The highest BCUT2D eigenvalue weighted by molar-refractivity contribution is 6.02. The Hall–Kier alpha value is -3.28. The van der Waals surface area contributed by atoms with Crippen molar-refractivity contribution in [2.45, 2.75) is 6.92 Å². The lowest BCUT2D eigenvalue weighted by atomic mass is 10.3. The molecule has 0 aliphatic heterocycles. The smallest absolute Gasteiger partial charge is 0.275 e. The van der Waals surface area contributed by atoms with Crippen molar-refractivity contribution in [1.82, 2.24) is 15.0 Å². The molecular weight excluding hydrogens is 292 g/mol. The molecule has 3 aromatic heterocycles. The van der Waals surface area contributed by atoms with Gasteiger partial charge in [-0.05, 0) is 37.3 Å². The number of hydrogen-bond acceptors (Lipinski definition) is 5. The van der Waals surface area contributed by atoms with Gasteiger partial charge < -0.3 is 10.1 Å². The molecule has 6 nitrogen and oxygen atoms in total. The third kappa shape index (κ3) is 3.88. The number of nitrogens with one attached hydrogen (secondary N) is 1. The predicted octanol–water partition coefficient (Wildman–Crippen LogP) is 3.22. The highest BCUT2D eigenvalue weighted by atomic mass is 16.5. The Labute approximate surface area is 133 Å². The van der Waals surface area contributed by atoms with E-state index < -0.39 is 0 Å². The number of rotatable bonds is 4. The maximum atomic E-state index is 12.2. The predicted molar refractivity (Wildman–Crippen MR) is 85.5 cm³/mol. The topological polar surface area (TPSA) is 77.0 Å². The summed E-state index contributed by atoms with van der Waals surface area (Å²) in [6.45, 7) is 1.86. The molecule has 0 atom stereocenters. The van der Waals surface area contributed by atoms with Gasteiger partial charge in [0.05, 0.1) is 6.20 Å². The lowest BCUT2D eigenvalue weighted by molar-refractivity contribution is 0.102. The summed E-state index contributed by atoms with van der Waals surface area (Å²) >= 11 is 0. The van der Waals surface area contributed by atoms with Crippen LogP contribution in [-0.4, -0.2) is 20.9 Å². The number of ether oxygens (including phenoxy) is 1. The van der Waals surface area contributed by atoms with Gasteiger partial charge in [0.2, 0.25) is 0 Å². The fraction of sp³-hybridized carbons (Fsp3) is 0.0588. The van der Waals surface area contributed by atoms with E-state index in [1.54, 1.807) is 42.7 Å². The molecule has 3 aromatic rings. The van der Waals surface area contributed by atoms with E-state index in [-0.39, 0.29) is 11.6 Å². The summed E-state index contributed by atoms with van der Waals surface area (Å²) < 4.78 is 5.64. The van der Waals surface area contributed by atoms with Gasteiger partial charge in [0.1, 0.15) is 23.0 Å². The first-order valence-electron chi connectivity index (χ1n) is 7.00. The molecule has 0 aliphatic rings. The van der Waals surface area contributed by atoms with Crippen LogP contribution in [0.15, 0.2) is 61.1 Å². The van der Waals surface area contributed by atoms with Gasteiger partial charge in [-0.1, -0.05) is 6.07 Å². The molecule has 0 spiro atoms. The van der Waals surface area contributed by atoms with Gasteiger partial charge in [-0.25, -0.2) is 4.98 Å². The van der Waals surface area contributed by atoms with Crippen molar-refractivity contribution in [3.05, 3.63) is 72.4 Å². The zero-order valence-electron chi connectivity index (χ0n) is 12.4. The average Bonchev–Trinajstić information content (AvgIpc) is 2.56. The summed E-state index contributed by atoms with van der Waals surface area (Å²) in [5.41, 5.74) is 1.07. The first kappa shape index (κ1) is 14.6. The fourth-order valence-corrected chi connectivity index (χ4v) is 1.94. The molecule has 0 saturated carbocycles. The quantitative estimate of drug-likeness (QED) is 0.800. The Kier molecular flexibility index (Phi) is 4.24. The third-order valence-electron chi connectivity index (χ3n) is 2.96. The van der Waals surface area contributed by atoms with Crippen LogP contribution in [0.4, 0.5) is 5.82 Å². The van der Waals surface area contributed by atoms with E-state index in [0.29, 0.717) is 17.3 Å². The van der Waals surface area contributed by atoms with E-state index in [1.165, 1.54) is 6.20 Å². The van der Waals surface area contributed by atoms with Crippen LogP contribution in [0.25, 0.3) is 0 Å². The van der Waals surface area contributed by atoms with Crippen molar-refractivity contribution in [1.29, 1.82) is 0 Å². The van der Waals surface area contributed by atoms with Crippen LogP contribution < -0.4 is 10.1 Å². The number of aryl methyl sites for hydroxylation is 1. The molecule has 3 rings (SSSR count). The Bertz CT molecular complexity index is 822.